The second kappa shape index (κ2) is 7.46. The lowest BCUT2D eigenvalue weighted by molar-refractivity contribution is 0.282. The normalized spacial score (nSPS) is 11.6. The van der Waals surface area contributed by atoms with Crippen molar-refractivity contribution < 1.29 is 5.11 Å². The van der Waals surface area contributed by atoms with Gasteiger partial charge in [-0.2, -0.15) is 0 Å². The molecule has 3 heteroatoms. The van der Waals surface area contributed by atoms with Crippen LogP contribution in [0.25, 0.3) is 10.9 Å². The van der Waals surface area contributed by atoms with Gasteiger partial charge in [-0.1, -0.05) is 26.0 Å². The summed E-state index contributed by atoms with van der Waals surface area (Å²) in [4.78, 5) is 0. The molecule has 2 aromatic rings. The first kappa shape index (κ1) is 15.1. The lowest BCUT2D eigenvalue weighted by atomic mass is 10.1. The number of aromatic nitrogens is 1. The zero-order valence-corrected chi connectivity index (χ0v) is 12.6. The molecule has 0 spiro atoms. The number of fused-ring (bicyclic) bond motifs is 1. The number of unbranched alkanes of at least 4 members (excludes halogenated alkanes) is 2. The third-order valence-electron chi connectivity index (χ3n) is 3.61. The van der Waals surface area contributed by atoms with Gasteiger partial charge in [0.2, 0.25) is 0 Å². The molecule has 0 atom stereocenters. The molecule has 0 saturated heterocycles. The van der Waals surface area contributed by atoms with E-state index in [4.69, 9.17) is 5.11 Å². The van der Waals surface area contributed by atoms with Crippen LogP contribution in [-0.4, -0.2) is 22.3 Å². The van der Waals surface area contributed by atoms with Crippen LogP contribution in [-0.2, 0) is 13.1 Å². The highest BCUT2D eigenvalue weighted by molar-refractivity contribution is 5.80. The van der Waals surface area contributed by atoms with Crippen LogP contribution in [0.4, 0.5) is 0 Å². The minimum absolute atomic E-state index is 0.303. The van der Waals surface area contributed by atoms with Crippen molar-refractivity contribution in [3.63, 3.8) is 0 Å². The Hall–Kier alpha value is -1.32. The molecule has 0 aliphatic carbocycles. The van der Waals surface area contributed by atoms with Gasteiger partial charge in [-0.05, 0) is 42.3 Å². The number of aryl methyl sites for hydroxylation is 1. The van der Waals surface area contributed by atoms with Gasteiger partial charge in [0, 0.05) is 37.5 Å². The Morgan fingerprint density at radius 3 is 2.75 bits per heavy atom. The van der Waals surface area contributed by atoms with Crippen LogP contribution < -0.4 is 5.32 Å². The first-order valence-electron chi connectivity index (χ1n) is 7.62. The molecule has 0 bridgehead atoms. The Morgan fingerprint density at radius 1 is 1.15 bits per heavy atom. The van der Waals surface area contributed by atoms with Gasteiger partial charge in [0.1, 0.15) is 0 Å². The average molecular weight is 274 g/mol. The van der Waals surface area contributed by atoms with Crippen LogP contribution in [0.2, 0.25) is 0 Å². The fourth-order valence-corrected chi connectivity index (χ4v) is 2.43. The molecule has 1 heterocycles. The largest absolute Gasteiger partial charge is 0.396 e. The Bertz CT molecular complexity index is 531. The summed E-state index contributed by atoms with van der Waals surface area (Å²) < 4.78 is 2.32. The van der Waals surface area contributed by atoms with E-state index in [1.165, 1.54) is 16.5 Å². The smallest absolute Gasteiger partial charge is 0.0483 e. The van der Waals surface area contributed by atoms with E-state index in [1.54, 1.807) is 0 Å². The minimum atomic E-state index is 0.303. The second-order valence-electron chi connectivity index (χ2n) is 5.72. The zero-order chi connectivity index (χ0) is 14.4. The predicted molar refractivity (Wildman–Crippen MR) is 84.9 cm³/mol. The molecule has 0 aliphatic rings. The van der Waals surface area contributed by atoms with Gasteiger partial charge in [0.05, 0.1) is 0 Å². The molecule has 0 unspecified atom stereocenters. The first-order valence-corrected chi connectivity index (χ1v) is 7.62. The summed E-state index contributed by atoms with van der Waals surface area (Å²) in [5.41, 5.74) is 2.65. The molecular formula is C17H26N2O. The molecule has 0 radical (unpaired) electrons. The lowest BCUT2D eigenvalue weighted by Crippen LogP contribution is -2.21. The van der Waals surface area contributed by atoms with Gasteiger partial charge in [0.15, 0.2) is 0 Å². The topological polar surface area (TPSA) is 37.2 Å². The van der Waals surface area contributed by atoms with Crippen molar-refractivity contribution in [2.24, 2.45) is 0 Å². The molecule has 1 aromatic heterocycles. The maximum atomic E-state index is 8.82. The first-order chi connectivity index (χ1) is 9.70. The third kappa shape index (κ3) is 4.09. The minimum Gasteiger partial charge on any atom is -0.396 e. The third-order valence-corrected chi connectivity index (χ3v) is 3.61. The van der Waals surface area contributed by atoms with Crippen molar-refractivity contribution in [1.29, 1.82) is 0 Å². The van der Waals surface area contributed by atoms with Crippen molar-refractivity contribution >= 4 is 10.9 Å². The van der Waals surface area contributed by atoms with E-state index in [0.717, 1.165) is 32.4 Å². The van der Waals surface area contributed by atoms with Crippen LogP contribution >= 0.6 is 0 Å². The Kier molecular flexibility index (Phi) is 5.62. The van der Waals surface area contributed by atoms with Crippen molar-refractivity contribution in [2.45, 2.75) is 52.2 Å². The van der Waals surface area contributed by atoms with Crippen molar-refractivity contribution in [1.82, 2.24) is 9.88 Å². The van der Waals surface area contributed by atoms with Crippen LogP contribution in [0.3, 0.4) is 0 Å². The number of nitrogens with one attached hydrogen (secondary N) is 1. The number of aliphatic hydroxyl groups excluding tert-OH is 1. The van der Waals surface area contributed by atoms with Gasteiger partial charge in [-0.25, -0.2) is 0 Å². The summed E-state index contributed by atoms with van der Waals surface area (Å²) in [6.45, 7) is 6.59. The molecule has 0 amide bonds. The highest BCUT2D eigenvalue weighted by Crippen LogP contribution is 2.18. The summed E-state index contributed by atoms with van der Waals surface area (Å²) in [7, 11) is 0. The number of aliphatic hydroxyl groups is 1. The van der Waals surface area contributed by atoms with Crippen molar-refractivity contribution in [3.05, 3.63) is 36.0 Å². The second-order valence-corrected chi connectivity index (χ2v) is 5.72. The van der Waals surface area contributed by atoms with Crippen LogP contribution in [0.15, 0.2) is 30.5 Å². The quantitative estimate of drug-likeness (QED) is 0.725. The summed E-state index contributed by atoms with van der Waals surface area (Å²) in [5, 5.41) is 13.6. The van der Waals surface area contributed by atoms with Crippen LogP contribution in [0, 0.1) is 0 Å². The lowest BCUT2D eigenvalue weighted by Gasteiger charge is -2.10. The van der Waals surface area contributed by atoms with Crippen LogP contribution in [0.1, 0.15) is 38.7 Å². The van der Waals surface area contributed by atoms with E-state index >= 15 is 0 Å². The summed E-state index contributed by atoms with van der Waals surface area (Å²) in [6.07, 6.45) is 5.29. The summed E-state index contributed by atoms with van der Waals surface area (Å²) in [5.74, 6) is 0. The maximum Gasteiger partial charge on any atom is 0.0483 e. The molecule has 0 aliphatic heterocycles. The standard InChI is InChI=1S/C17H26N2O/c1-14(2)18-13-15-6-7-16-8-10-19(17(16)12-15)9-4-3-5-11-20/h6-8,10,12,14,18,20H,3-5,9,11,13H2,1-2H3. The fraction of sp³-hybridized carbons (Fsp3) is 0.529. The molecule has 1 aromatic carbocycles. The SMILES string of the molecule is CC(C)NCc1ccc2ccn(CCCCCO)c2c1. The predicted octanol–water partition coefficient (Wildman–Crippen LogP) is 3.30. The van der Waals surface area contributed by atoms with Gasteiger partial charge < -0.3 is 15.0 Å². The van der Waals surface area contributed by atoms with Gasteiger partial charge in [-0.15, -0.1) is 0 Å². The van der Waals surface area contributed by atoms with E-state index in [-0.39, 0.29) is 0 Å². The summed E-state index contributed by atoms with van der Waals surface area (Å²) in [6, 6.07) is 9.39. The monoisotopic (exact) mass is 274 g/mol. The number of benzene rings is 1. The Morgan fingerprint density at radius 2 is 2.00 bits per heavy atom. The molecule has 110 valence electrons. The van der Waals surface area contributed by atoms with E-state index in [9.17, 15) is 0 Å². The Balaban J connectivity index is 2.05. The van der Waals surface area contributed by atoms with Gasteiger partial charge >= 0.3 is 0 Å². The molecule has 3 nitrogen and oxygen atoms in total. The number of rotatable bonds is 8. The molecule has 2 N–H and O–H groups in total. The van der Waals surface area contributed by atoms with Crippen LogP contribution in [0.5, 0.6) is 0 Å². The van der Waals surface area contributed by atoms with Gasteiger partial charge in [0.25, 0.3) is 0 Å². The Labute approximate surface area is 121 Å². The molecular weight excluding hydrogens is 248 g/mol. The highest BCUT2D eigenvalue weighted by Gasteiger charge is 2.03. The van der Waals surface area contributed by atoms with E-state index in [1.807, 2.05) is 0 Å². The average Bonchev–Trinajstić information content (AvgIpc) is 2.84. The van der Waals surface area contributed by atoms with Gasteiger partial charge in [-0.3, -0.25) is 0 Å². The van der Waals surface area contributed by atoms with Crippen molar-refractivity contribution in [2.75, 3.05) is 6.61 Å². The van der Waals surface area contributed by atoms with E-state index in [0.29, 0.717) is 12.6 Å². The van der Waals surface area contributed by atoms with Crippen molar-refractivity contribution in [3.8, 4) is 0 Å². The summed E-state index contributed by atoms with van der Waals surface area (Å²) >= 11 is 0. The zero-order valence-electron chi connectivity index (χ0n) is 12.6. The molecule has 0 fully saturated rings. The fourth-order valence-electron chi connectivity index (χ4n) is 2.43. The highest BCUT2D eigenvalue weighted by atomic mass is 16.2. The maximum absolute atomic E-state index is 8.82. The molecule has 20 heavy (non-hydrogen) atoms. The van der Waals surface area contributed by atoms with E-state index in [2.05, 4.69) is 54.2 Å². The van der Waals surface area contributed by atoms with E-state index < -0.39 is 0 Å². The molecule has 0 saturated carbocycles. The number of nitrogens with zero attached hydrogens (tertiary/aromatic N) is 1. The number of hydrogen-bond donors (Lipinski definition) is 2. The number of hydrogen-bond acceptors (Lipinski definition) is 2. The molecule has 2 rings (SSSR count).